The molecule has 1 spiro atoms. The summed E-state index contributed by atoms with van der Waals surface area (Å²) in [5, 5.41) is 18.3. The molecule has 1 aromatic carbocycles. The normalized spacial score (nSPS) is 29.7. The number of aromatic nitrogens is 3. The van der Waals surface area contributed by atoms with Gasteiger partial charge in [0.25, 0.3) is 5.91 Å². The lowest BCUT2D eigenvalue weighted by Gasteiger charge is -2.55. The number of hydrazine groups is 1. The fourth-order valence-corrected chi connectivity index (χ4v) is 12.9. The molecule has 12 rings (SSSR count). The second-order valence-electron chi connectivity index (χ2n) is 22.6. The Morgan fingerprint density at radius 3 is 2.53 bits per heavy atom. The number of anilines is 1. The number of nitrogens with one attached hydrogen (secondary N) is 2. The number of cyclic esters (lactones) is 1. The van der Waals surface area contributed by atoms with E-state index in [0.29, 0.717) is 70.4 Å². The first-order valence-corrected chi connectivity index (χ1v) is 27.3. The fraction of sp³-hybridized carbons (Fsp3) is 0.571. The third-order valence-electron chi connectivity index (χ3n) is 17.0. The molecular weight excluding hydrogens is 957 g/mol. The number of nitrogens with zero attached hydrogens (tertiary/aromatic N) is 8. The van der Waals surface area contributed by atoms with Gasteiger partial charge >= 0.3 is 5.97 Å². The van der Waals surface area contributed by atoms with Crippen LogP contribution in [-0.4, -0.2) is 161 Å². The molecule has 0 radical (unpaired) electrons. The van der Waals surface area contributed by atoms with Crippen LogP contribution in [0.4, 0.5) is 5.69 Å². The van der Waals surface area contributed by atoms with Crippen LogP contribution in [0.5, 0.6) is 0 Å². The number of methoxy groups -OCH3 is 1. The lowest BCUT2D eigenvalue weighted by atomic mass is 9.66. The van der Waals surface area contributed by atoms with Crippen molar-refractivity contribution in [3.63, 3.8) is 0 Å². The van der Waals surface area contributed by atoms with Crippen molar-refractivity contribution in [3.05, 3.63) is 82.8 Å². The Morgan fingerprint density at radius 1 is 1.04 bits per heavy atom. The van der Waals surface area contributed by atoms with Crippen molar-refractivity contribution in [2.75, 3.05) is 84.3 Å². The Labute approximate surface area is 439 Å². The molecule has 4 saturated heterocycles. The van der Waals surface area contributed by atoms with Gasteiger partial charge in [-0.3, -0.25) is 39.4 Å². The van der Waals surface area contributed by atoms with Gasteiger partial charge in [0, 0.05) is 123 Å². The Kier molecular flexibility index (Phi) is 14.3. The van der Waals surface area contributed by atoms with Crippen LogP contribution in [0.15, 0.2) is 65.3 Å². The first-order chi connectivity index (χ1) is 35.8. The number of amides is 2. The molecule has 394 valence electrons. The number of hydrogen-bond acceptors (Lipinski definition) is 15. The minimum absolute atomic E-state index is 0.0204. The van der Waals surface area contributed by atoms with Crippen LogP contribution in [0.1, 0.15) is 87.9 Å². The van der Waals surface area contributed by atoms with Crippen molar-refractivity contribution >= 4 is 58.9 Å². The van der Waals surface area contributed by atoms with E-state index in [9.17, 15) is 14.7 Å². The summed E-state index contributed by atoms with van der Waals surface area (Å²) in [6.07, 6.45) is 9.27. The number of aliphatic hydroxyl groups excluding tert-OH is 1. The highest BCUT2D eigenvalue weighted by atomic mass is 32.1. The number of pyridine rings is 2. The molecule has 5 bridgehead atoms. The highest BCUT2D eigenvalue weighted by Gasteiger charge is 2.59. The molecule has 18 heteroatoms. The van der Waals surface area contributed by atoms with E-state index in [1.807, 2.05) is 44.3 Å². The van der Waals surface area contributed by atoms with Gasteiger partial charge in [-0.05, 0) is 92.2 Å². The number of ether oxygens (including phenoxy) is 3. The van der Waals surface area contributed by atoms with Gasteiger partial charge in [0.1, 0.15) is 11.6 Å². The number of thiol groups is 1. The highest BCUT2D eigenvalue weighted by molar-refractivity contribution is 7.83. The van der Waals surface area contributed by atoms with Gasteiger partial charge < -0.3 is 34.1 Å². The average molecular weight is 1030 g/mol. The molecule has 74 heavy (non-hydrogen) atoms. The van der Waals surface area contributed by atoms with Crippen LogP contribution in [0.25, 0.3) is 27.9 Å². The van der Waals surface area contributed by atoms with Crippen LogP contribution >= 0.6 is 12.6 Å². The zero-order valence-corrected chi connectivity index (χ0v) is 44.3. The molecular formula is C56H72N10O7S. The highest BCUT2D eigenvalue weighted by Crippen LogP contribution is 2.53. The molecule has 7 fully saturated rings. The number of benzene rings is 1. The maximum atomic E-state index is 15.3. The van der Waals surface area contributed by atoms with Crippen LogP contribution in [0.3, 0.4) is 0 Å². The van der Waals surface area contributed by atoms with Gasteiger partial charge in [0.15, 0.2) is 0 Å². The van der Waals surface area contributed by atoms with Crippen molar-refractivity contribution in [1.82, 2.24) is 40.1 Å². The third kappa shape index (κ3) is 9.80. The Bertz CT molecular complexity index is 2810. The van der Waals surface area contributed by atoms with Crippen molar-refractivity contribution < 1.29 is 33.7 Å². The first-order valence-electron chi connectivity index (χ1n) is 26.8. The first kappa shape index (κ1) is 50.9. The number of aliphatic hydroxyl groups is 1. The van der Waals surface area contributed by atoms with Crippen LogP contribution in [0, 0.1) is 23.2 Å². The molecule has 3 saturated carbocycles. The predicted octanol–water partition coefficient (Wildman–Crippen LogP) is 5.24. The van der Waals surface area contributed by atoms with E-state index in [4.69, 9.17) is 36.8 Å². The summed E-state index contributed by atoms with van der Waals surface area (Å²) in [5.41, 5.74) is 9.48. The summed E-state index contributed by atoms with van der Waals surface area (Å²) in [7, 11) is 1.70. The molecule has 3 aromatic heterocycles. The summed E-state index contributed by atoms with van der Waals surface area (Å²) >= 11 is 4.78. The van der Waals surface area contributed by atoms with E-state index in [0.717, 1.165) is 76.5 Å². The molecule has 5 aliphatic heterocycles. The quantitative estimate of drug-likeness (QED) is 0.113. The maximum absolute atomic E-state index is 15.3. The van der Waals surface area contributed by atoms with Gasteiger partial charge in [-0.25, -0.2) is 10.2 Å². The number of carbonyl (C=O) groups excluding carboxylic acids is 3. The molecule has 8 heterocycles. The Morgan fingerprint density at radius 2 is 1.82 bits per heavy atom. The van der Waals surface area contributed by atoms with E-state index < -0.39 is 29.0 Å². The number of carbonyl (C=O) groups is 3. The largest absolute Gasteiger partial charge is 0.464 e. The summed E-state index contributed by atoms with van der Waals surface area (Å²) in [6, 6.07) is 13.1. The molecule has 3 N–H and O–H groups in total. The molecule has 4 aromatic rings. The lowest BCUT2D eigenvalue weighted by Crippen LogP contribution is -2.76. The monoisotopic (exact) mass is 1030 g/mol. The number of aliphatic imine (C=N–C) groups is 1. The van der Waals surface area contributed by atoms with Crippen LogP contribution in [-0.2, 0) is 41.6 Å². The number of esters is 1. The van der Waals surface area contributed by atoms with Gasteiger partial charge in [-0.1, -0.05) is 32.9 Å². The van der Waals surface area contributed by atoms with Crippen molar-refractivity contribution in [2.45, 2.75) is 102 Å². The zero-order valence-electron chi connectivity index (χ0n) is 43.4. The van der Waals surface area contributed by atoms with Crippen molar-refractivity contribution in [1.29, 1.82) is 0 Å². The minimum atomic E-state index is -1.10. The van der Waals surface area contributed by atoms with E-state index in [1.165, 1.54) is 12.8 Å². The SMILES string of the molecule is CO[C@@H](C)c1ncc(N2CCN(C3CC3)CC2)cc1-c1c2c3cc(ccc3n1CCO)/C(=C/S)N=C[C@@H](N1CCOCC1)[C@H](NC(=O)[C@@H]1[C@@H](C)[C@H]1c1ccccn1)C(=O)N1CC3CC(C3)(N1)C(=O)OCC(C)(C)C2. The zero-order chi connectivity index (χ0) is 51.5. The van der Waals surface area contributed by atoms with Gasteiger partial charge in [-0.15, -0.1) is 12.6 Å². The molecule has 6 atom stereocenters. The minimum Gasteiger partial charge on any atom is -0.464 e. The van der Waals surface area contributed by atoms with E-state index in [1.54, 1.807) is 29.9 Å². The summed E-state index contributed by atoms with van der Waals surface area (Å²) in [4.78, 5) is 66.7. The number of hydrogen-bond donors (Lipinski definition) is 4. The van der Waals surface area contributed by atoms with Crippen molar-refractivity contribution in [3.8, 4) is 11.3 Å². The topological polar surface area (TPSA) is 179 Å². The van der Waals surface area contributed by atoms with Gasteiger partial charge in [0.2, 0.25) is 5.91 Å². The Hall–Kier alpha value is -5.21. The fourth-order valence-electron chi connectivity index (χ4n) is 12.7. The van der Waals surface area contributed by atoms with E-state index >= 15 is 4.79 Å². The number of rotatable bonds is 11. The molecule has 3 aliphatic carbocycles. The molecule has 17 nitrogen and oxygen atoms in total. The molecule has 0 unspecified atom stereocenters. The second-order valence-corrected chi connectivity index (χ2v) is 22.9. The second kappa shape index (κ2) is 20.7. The maximum Gasteiger partial charge on any atom is 0.328 e. The molecule has 8 aliphatic rings. The average Bonchev–Trinajstić information content (AvgIpc) is 4.36. The summed E-state index contributed by atoms with van der Waals surface area (Å²) in [6.45, 7) is 14.7. The van der Waals surface area contributed by atoms with E-state index in [2.05, 4.69) is 67.0 Å². The number of fused-ring (bicyclic) bond motifs is 1. The third-order valence-corrected chi connectivity index (χ3v) is 17.2. The van der Waals surface area contributed by atoms with Gasteiger partial charge in [0.05, 0.1) is 67.5 Å². The Balaban J connectivity index is 1.04. The number of piperazine rings is 1. The van der Waals surface area contributed by atoms with Crippen LogP contribution in [0.2, 0.25) is 0 Å². The van der Waals surface area contributed by atoms with Crippen molar-refractivity contribution in [2.24, 2.45) is 28.2 Å². The van der Waals surface area contributed by atoms with Gasteiger partial charge in [-0.2, -0.15) is 0 Å². The van der Waals surface area contributed by atoms with E-state index in [-0.39, 0.29) is 54.8 Å². The lowest BCUT2D eigenvalue weighted by molar-refractivity contribution is -0.180. The number of morpholine rings is 1. The summed E-state index contributed by atoms with van der Waals surface area (Å²) < 4.78 is 20.5. The molecule has 2 amide bonds. The van der Waals surface area contributed by atoms with Crippen LogP contribution < -0.4 is 15.6 Å². The smallest absolute Gasteiger partial charge is 0.328 e. The standard InChI is InChI=1S/C56H72N10O7S/c1-34-47(43-8-6-7-13-57-43)48(34)52(68)60-50-46(64-19-22-72-23-20-64)30-58-44(32-74)37-9-12-45-40(24-37)42(28-55(3,4)33-73-54(70)56-26-36(27-56)31-66(61-56)53(50)69)51(65(45)18-21-67)41-25-39(29-59-49(41)35(2)71-5)63-16-14-62(15-17-63)38-10-11-38/h6-9,12-13,24-25,29-30,32,34-36,38,46-48,50,61,67,74H,10-11,14-23,26-28,31,33H2,1-5H3,(H,60,68)/b44-32-,58-30?/t34-,35-,36?,46+,47-,48+,50-,56?/m0/s1. The predicted molar refractivity (Wildman–Crippen MR) is 286 cm³/mol. The summed E-state index contributed by atoms with van der Waals surface area (Å²) in [5.74, 6) is -1.37.